The zero-order chi connectivity index (χ0) is 15.4. The fourth-order valence-corrected chi connectivity index (χ4v) is 2.41. The van der Waals surface area contributed by atoms with Crippen LogP contribution in [0.1, 0.15) is 15.9 Å². The molecule has 0 saturated carbocycles. The minimum Gasteiger partial charge on any atom is -0.497 e. The van der Waals surface area contributed by atoms with E-state index >= 15 is 0 Å². The van der Waals surface area contributed by atoms with E-state index in [1.54, 1.807) is 31.3 Å². The summed E-state index contributed by atoms with van der Waals surface area (Å²) < 4.78 is 5.89. The van der Waals surface area contributed by atoms with Crippen molar-refractivity contribution in [2.24, 2.45) is 0 Å². The summed E-state index contributed by atoms with van der Waals surface area (Å²) in [5.74, 6) is 0.576. The number of carbonyl (C=O) groups is 1. The van der Waals surface area contributed by atoms with Crippen molar-refractivity contribution in [2.75, 3.05) is 14.2 Å². The zero-order valence-corrected chi connectivity index (χ0v) is 14.0. The van der Waals surface area contributed by atoms with E-state index in [1.807, 2.05) is 24.3 Å². The van der Waals surface area contributed by atoms with Crippen LogP contribution in [0.5, 0.6) is 5.75 Å². The Morgan fingerprint density at radius 1 is 1.43 bits per heavy atom. The van der Waals surface area contributed by atoms with Crippen LogP contribution >= 0.6 is 27.5 Å². The predicted octanol–water partition coefficient (Wildman–Crippen LogP) is 3.78. The van der Waals surface area contributed by atoms with Gasteiger partial charge < -0.3 is 9.64 Å². The number of aromatic nitrogens is 1. The molecular weight excluding hydrogens is 356 g/mol. The number of rotatable bonds is 4. The first-order valence-electron chi connectivity index (χ1n) is 6.20. The fourth-order valence-electron chi connectivity index (χ4n) is 1.89. The molecule has 1 aromatic heterocycles. The van der Waals surface area contributed by atoms with Crippen molar-refractivity contribution < 1.29 is 9.53 Å². The van der Waals surface area contributed by atoms with Crippen LogP contribution in [0.3, 0.4) is 0 Å². The second-order valence-corrected chi connectivity index (χ2v) is 5.78. The van der Waals surface area contributed by atoms with Gasteiger partial charge in [0.25, 0.3) is 5.91 Å². The highest BCUT2D eigenvalue weighted by atomic mass is 79.9. The second kappa shape index (κ2) is 6.91. The number of halogens is 2. The number of pyridine rings is 1. The molecular formula is C15H14BrClN2O2. The molecule has 0 saturated heterocycles. The van der Waals surface area contributed by atoms with E-state index in [1.165, 1.54) is 0 Å². The largest absolute Gasteiger partial charge is 0.497 e. The first-order valence-corrected chi connectivity index (χ1v) is 7.38. The van der Waals surface area contributed by atoms with Gasteiger partial charge >= 0.3 is 0 Å². The molecule has 0 N–H and O–H groups in total. The van der Waals surface area contributed by atoms with Crippen LogP contribution < -0.4 is 4.74 Å². The molecule has 6 heteroatoms. The molecule has 1 aromatic carbocycles. The summed E-state index contributed by atoms with van der Waals surface area (Å²) >= 11 is 9.28. The zero-order valence-electron chi connectivity index (χ0n) is 11.6. The number of hydrogen-bond acceptors (Lipinski definition) is 3. The average Bonchev–Trinajstić information content (AvgIpc) is 2.49. The first kappa shape index (κ1) is 15.8. The molecule has 0 aliphatic rings. The Balaban J connectivity index is 2.17. The molecule has 110 valence electrons. The average molecular weight is 370 g/mol. The smallest absolute Gasteiger partial charge is 0.257 e. The van der Waals surface area contributed by atoms with Crippen LogP contribution in [0.4, 0.5) is 0 Å². The van der Waals surface area contributed by atoms with Gasteiger partial charge in [-0.05, 0) is 39.7 Å². The van der Waals surface area contributed by atoms with Crippen molar-refractivity contribution in [3.63, 3.8) is 0 Å². The SMILES string of the molecule is COc1cccc(CN(C)C(=O)c2cc(Br)cnc2Cl)c1. The molecule has 0 aliphatic carbocycles. The molecule has 0 spiro atoms. The van der Waals surface area contributed by atoms with Crippen LogP contribution in [0, 0.1) is 0 Å². The van der Waals surface area contributed by atoms with Crippen molar-refractivity contribution in [3.05, 3.63) is 57.3 Å². The Morgan fingerprint density at radius 2 is 2.19 bits per heavy atom. The summed E-state index contributed by atoms with van der Waals surface area (Å²) in [6.07, 6.45) is 1.56. The van der Waals surface area contributed by atoms with E-state index in [0.717, 1.165) is 11.3 Å². The molecule has 0 radical (unpaired) electrons. The number of nitrogens with zero attached hydrogens (tertiary/aromatic N) is 2. The van der Waals surface area contributed by atoms with Gasteiger partial charge in [0.2, 0.25) is 0 Å². The van der Waals surface area contributed by atoms with Crippen LogP contribution in [-0.4, -0.2) is 29.9 Å². The lowest BCUT2D eigenvalue weighted by Gasteiger charge is -2.18. The van der Waals surface area contributed by atoms with Gasteiger partial charge in [0.05, 0.1) is 12.7 Å². The third-order valence-electron chi connectivity index (χ3n) is 2.94. The van der Waals surface area contributed by atoms with E-state index in [2.05, 4.69) is 20.9 Å². The lowest BCUT2D eigenvalue weighted by atomic mass is 10.2. The Morgan fingerprint density at radius 3 is 2.90 bits per heavy atom. The molecule has 0 aliphatic heterocycles. The van der Waals surface area contributed by atoms with Crippen LogP contribution in [-0.2, 0) is 6.54 Å². The lowest BCUT2D eigenvalue weighted by Crippen LogP contribution is -2.26. The molecule has 2 aromatic rings. The maximum atomic E-state index is 12.4. The monoisotopic (exact) mass is 368 g/mol. The summed E-state index contributed by atoms with van der Waals surface area (Å²) in [5, 5.41) is 0.195. The number of ether oxygens (including phenoxy) is 1. The highest BCUT2D eigenvalue weighted by Crippen LogP contribution is 2.21. The number of methoxy groups -OCH3 is 1. The molecule has 1 heterocycles. The Bertz CT molecular complexity index is 664. The molecule has 0 atom stereocenters. The third-order valence-corrected chi connectivity index (χ3v) is 3.67. The van der Waals surface area contributed by atoms with E-state index in [9.17, 15) is 4.79 Å². The lowest BCUT2D eigenvalue weighted by molar-refractivity contribution is 0.0784. The summed E-state index contributed by atoms with van der Waals surface area (Å²) in [6, 6.07) is 9.25. The van der Waals surface area contributed by atoms with Gasteiger partial charge in [0.1, 0.15) is 10.9 Å². The van der Waals surface area contributed by atoms with Crippen molar-refractivity contribution in [1.82, 2.24) is 9.88 Å². The Kier molecular flexibility index (Phi) is 5.20. The summed E-state index contributed by atoms with van der Waals surface area (Å²) in [7, 11) is 3.33. The van der Waals surface area contributed by atoms with E-state index < -0.39 is 0 Å². The van der Waals surface area contributed by atoms with Gasteiger partial charge in [-0.3, -0.25) is 4.79 Å². The molecule has 21 heavy (non-hydrogen) atoms. The predicted molar refractivity (Wildman–Crippen MR) is 85.7 cm³/mol. The van der Waals surface area contributed by atoms with Crippen LogP contribution in [0.2, 0.25) is 5.15 Å². The Hall–Kier alpha value is -1.59. The Labute approximate surface area is 136 Å². The fraction of sp³-hybridized carbons (Fsp3) is 0.200. The number of carbonyl (C=O) groups excluding carboxylic acids is 1. The quantitative estimate of drug-likeness (QED) is 0.770. The third kappa shape index (κ3) is 3.95. The number of benzene rings is 1. The summed E-state index contributed by atoms with van der Waals surface area (Å²) in [4.78, 5) is 18.0. The van der Waals surface area contributed by atoms with Gasteiger partial charge in [-0.1, -0.05) is 23.7 Å². The van der Waals surface area contributed by atoms with Gasteiger partial charge in [0, 0.05) is 24.3 Å². The maximum Gasteiger partial charge on any atom is 0.257 e. The molecule has 1 amide bonds. The maximum absolute atomic E-state index is 12.4. The van der Waals surface area contributed by atoms with E-state index in [-0.39, 0.29) is 11.1 Å². The van der Waals surface area contributed by atoms with Crippen LogP contribution in [0.15, 0.2) is 41.0 Å². The van der Waals surface area contributed by atoms with Crippen molar-refractivity contribution in [2.45, 2.75) is 6.54 Å². The normalized spacial score (nSPS) is 10.3. The highest BCUT2D eigenvalue weighted by Gasteiger charge is 2.17. The van der Waals surface area contributed by atoms with Crippen molar-refractivity contribution in [1.29, 1.82) is 0 Å². The van der Waals surface area contributed by atoms with Gasteiger partial charge in [0.15, 0.2) is 0 Å². The standard InChI is InChI=1S/C15H14BrClN2O2/c1-19(9-10-4-3-5-12(6-10)21-2)15(20)13-7-11(16)8-18-14(13)17/h3-8H,9H2,1-2H3. The van der Waals surface area contributed by atoms with Crippen molar-refractivity contribution >= 4 is 33.4 Å². The number of amides is 1. The van der Waals surface area contributed by atoms with E-state index in [0.29, 0.717) is 16.6 Å². The summed E-state index contributed by atoms with van der Waals surface area (Å²) in [5.41, 5.74) is 1.35. The minimum atomic E-state index is -0.184. The van der Waals surface area contributed by atoms with Gasteiger partial charge in [-0.2, -0.15) is 0 Å². The molecule has 0 unspecified atom stereocenters. The topological polar surface area (TPSA) is 42.4 Å². The first-order chi connectivity index (χ1) is 10.0. The summed E-state index contributed by atoms with van der Waals surface area (Å²) in [6.45, 7) is 0.457. The van der Waals surface area contributed by atoms with Crippen molar-refractivity contribution in [3.8, 4) is 5.75 Å². The van der Waals surface area contributed by atoms with Gasteiger partial charge in [-0.15, -0.1) is 0 Å². The van der Waals surface area contributed by atoms with E-state index in [4.69, 9.17) is 16.3 Å². The van der Waals surface area contributed by atoms with Gasteiger partial charge in [-0.25, -0.2) is 4.98 Å². The molecule has 0 bridgehead atoms. The van der Waals surface area contributed by atoms with Crippen LogP contribution in [0.25, 0.3) is 0 Å². The molecule has 2 rings (SSSR count). The highest BCUT2D eigenvalue weighted by molar-refractivity contribution is 9.10. The molecule has 0 fully saturated rings. The second-order valence-electron chi connectivity index (χ2n) is 4.50. The minimum absolute atomic E-state index is 0.184. The molecule has 4 nitrogen and oxygen atoms in total. The number of hydrogen-bond donors (Lipinski definition) is 0.